The van der Waals surface area contributed by atoms with Crippen LogP contribution in [-0.2, 0) is 0 Å². The molecule has 12 heavy (non-hydrogen) atoms. The Bertz CT molecular complexity index is 342. The summed E-state index contributed by atoms with van der Waals surface area (Å²) in [5, 5.41) is 0.129. The molecule has 1 rings (SSSR count). The van der Waals surface area contributed by atoms with Gasteiger partial charge in [0.25, 0.3) is 0 Å². The number of carbonyl (C=O) groups is 1. The van der Waals surface area contributed by atoms with Crippen LogP contribution in [0.5, 0.6) is 0 Å². The van der Waals surface area contributed by atoms with Gasteiger partial charge in [0.15, 0.2) is 0 Å². The molecule has 5 heteroatoms. The number of rotatable bonds is 1. The van der Waals surface area contributed by atoms with Crippen molar-refractivity contribution in [2.75, 3.05) is 0 Å². The van der Waals surface area contributed by atoms with E-state index >= 15 is 0 Å². The van der Waals surface area contributed by atoms with Crippen LogP contribution in [0.4, 0.5) is 4.39 Å². The molecule has 0 aliphatic carbocycles. The van der Waals surface area contributed by atoms with Gasteiger partial charge in [0.2, 0.25) is 5.91 Å². The minimum absolute atomic E-state index is 0.0245. The molecule has 0 aliphatic heterocycles. The maximum absolute atomic E-state index is 12.7. The average molecular weight is 252 g/mol. The highest BCUT2D eigenvalue weighted by Crippen LogP contribution is 2.27. The van der Waals surface area contributed by atoms with E-state index in [0.29, 0.717) is 4.47 Å². The zero-order valence-corrected chi connectivity index (χ0v) is 8.12. The van der Waals surface area contributed by atoms with Gasteiger partial charge in [-0.3, -0.25) is 4.79 Å². The fourth-order valence-electron chi connectivity index (χ4n) is 0.735. The van der Waals surface area contributed by atoms with E-state index < -0.39 is 11.7 Å². The maximum Gasteiger partial charge on any atom is 0.250 e. The third-order valence-corrected chi connectivity index (χ3v) is 2.52. The highest BCUT2D eigenvalue weighted by atomic mass is 79.9. The molecule has 0 spiro atoms. The van der Waals surface area contributed by atoms with Crippen molar-refractivity contribution in [3.05, 3.63) is 33.0 Å². The van der Waals surface area contributed by atoms with Crippen molar-refractivity contribution in [2.45, 2.75) is 0 Å². The SMILES string of the molecule is NC(=O)c1cc(F)cc(Br)c1Cl. The van der Waals surface area contributed by atoms with Crippen molar-refractivity contribution in [1.29, 1.82) is 0 Å². The van der Waals surface area contributed by atoms with Crippen molar-refractivity contribution in [1.82, 2.24) is 0 Å². The van der Waals surface area contributed by atoms with Gasteiger partial charge < -0.3 is 5.73 Å². The predicted octanol–water partition coefficient (Wildman–Crippen LogP) is 2.34. The third-order valence-electron chi connectivity index (χ3n) is 1.26. The van der Waals surface area contributed by atoms with Crippen LogP contribution >= 0.6 is 27.5 Å². The van der Waals surface area contributed by atoms with E-state index in [2.05, 4.69) is 15.9 Å². The lowest BCUT2D eigenvalue weighted by atomic mass is 10.2. The lowest BCUT2D eigenvalue weighted by Gasteiger charge is -2.01. The van der Waals surface area contributed by atoms with Gasteiger partial charge in [-0.1, -0.05) is 11.6 Å². The summed E-state index contributed by atoms with van der Waals surface area (Å²) in [7, 11) is 0. The third kappa shape index (κ3) is 1.76. The first kappa shape index (κ1) is 9.48. The van der Waals surface area contributed by atoms with Crippen molar-refractivity contribution >= 4 is 33.4 Å². The molecule has 0 heterocycles. The molecule has 64 valence electrons. The Morgan fingerprint density at radius 3 is 2.67 bits per heavy atom. The summed E-state index contributed by atoms with van der Waals surface area (Å²) in [6, 6.07) is 2.16. The van der Waals surface area contributed by atoms with Crippen LogP contribution in [-0.4, -0.2) is 5.91 Å². The van der Waals surface area contributed by atoms with E-state index in [4.69, 9.17) is 17.3 Å². The lowest BCUT2D eigenvalue weighted by molar-refractivity contribution is 0.1000. The number of amides is 1. The fourth-order valence-corrected chi connectivity index (χ4v) is 1.37. The molecule has 1 aromatic carbocycles. The number of nitrogens with two attached hydrogens (primary N) is 1. The summed E-state index contributed by atoms with van der Waals surface area (Å²) in [6.45, 7) is 0. The molecule has 2 N–H and O–H groups in total. The summed E-state index contributed by atoms with van der Waals surface area (Å²) in [6.07, 6.45) is 0. The van der Waals surface area contributed by atoms with Gasteiger partial charge in [-0.15, -0.1) is 0 Å². The molecule has 0 aromatic heterocycles. The minimum Gasteiger partial charge on any atom is -0.366 e. The molecule has 0 radical (unpaired) electrons. The number of hydrogen-bond acceptors (Lipinski definition) is 1. The van der Waals surface area contributed by atoms with Crippen molar-refractivity contribution < 1.29 is 9.18 Å². The normalized spacial score (nSPS) is 9.92. The Morgan fingerprint density at radius 2 is 2.17 bits per heavy atom. The second kappa shape index (κ2) is 3.41. The first-order valence-corrected chi connectivity index (χ1v) is 4.14. The van der Waals surface area contributed by atoms with Crippen molar-refractivity contribution in [2.24, 2.45) is 5.73 Å². The van der Waals surface area contributed by atoms with Crippen LogP contribution in [0.3, 0.4) is 0 Å². The van der Waals surface area contributed by atoms with Crippen LogP contribution in [0.15, 0.2) is 16.6 Å². The Morgan fingerprint density at radius 1 is 1.58 bits per heavy atom. The number of primary amides is 1. The first-order valence-electron chi connectivity index (χ1n) is 2.96. The van der Waals surface area contributed by atoms with Crippen LogP contribution < -0.4 is 5.73 Å². The van der Waals surface area contributed by atoms with Crippen LogP contribution in [0.2, 0.25) is 5.02 Å². The number of carbonyl (C=O) groups excluding carboxylic acids is 1. The van der Waals surface area contributed by atoms with Crippen molar-refractivity contribution in [3.63, 3.8) is 0 Å². The highest BCUT2D eigenvalue weighted by molar-refractivity contribution is 9.10. The maximum atomic E-state index is 12.7. The molecule has 0 aliphatic rings. The van der Waals surface area contributed by atoms with E-state index in [1.807, 2.05) is 0 Å². The van der Waals surface area contributed by atoms with Gasteiger partial charge in [-0.2, -0.15) is 0 Å². The second-order valence-corrected chi connectivity index (χ2v) is 3.35. The molecule has 0 saturated carbocycles. The van der Waals surface area contributed by atoms with E-state index in [0.717, 1.165) is 12.1 Å². The van der Waals surface area contributed by atoms with Gasteiger partial charge in [0.1, 0.15) is 5.82 Å². The topological polar surface area (TPSA) is 43.1 Å². The predicted molar refractivity (Wildman–Crippen MR) is 47.6 cm³/mol. The summed E-state index contributed by atoms with van der Waals surface area (Å²) in [5.41, 5.74) is 4.92. The quantitative estimate of drug-likeness (QED) is 0.766. The molecule has 0 bridgehead atoms. The molecule has 0 unspecified atom stereocenters. The number of benzene rings is 1. The average Bonchev–Trinajstić information content (AvgIpc) is 1.96. The van der Waals surface area contributed by atoms with Gasteiger partial charge in [0.05, 0.1) is 10.6 Å². The van der Waals surface area contributed by atoms with E-state index in [1.165, 1.54) is 0 Å². The van der Waals surface area contributed by atoms with E-state index in [1.54, 1.807) is 0 Å². The Balaban J connectivity index is 3.37. The molecule has 0 saturated heterocycles. The number of hydrogen-bond donors (Lipinski definition) is 1. The van der Waals surface area contributed by atoms with Gasteiger partial charge >= 0.3 is 0 Å². The standard InChI is InChI=1S/C7H4BrClFNO/c8-5-2-3(10)1-4(6(5)9)7(11)12/h1-2H,(H2,11,12). The molecular formula is C7H4BrClFNO. The molecule has 1 aromatic rings. The summed E-state index contributed by atoms with van der Waals surface area (Å²) in [4.78, 5) is 10.7. The summed E-state index contributed by atoms with van der Waals surface area (Å²) < 4.78 is 13.0. The van der Waals surface area contributed by atoms with E-state index in [-0.39, 0.29) is 10.6 Å². The molecule has 2 nitrogen and oxygen atoms in total. The van der Waals surface area contributed by atoms with Crippen LogP contribution in [0, 0.1) is 5.82 Å². The monoisotopic (exact) mass is 251 g/mol. The Labute approximate surface area is 81.6 Å². The second-order valence-electron chi connectivity index (χ2n) is 2.11. The van der Waals surface area contributed by atoms with Crippen LogP contribution in [0.1, 0.15) is 10.4 Å². The minimum atomic E-state index is -0.750. The van der Waals surface area contributed by atoms with Crippen LogP contribution in [0.25, 0.3) is 0 Å². The zero-order valence-electron chi connectivity index (χ0n) is 5.77. The zero-order chi connectivity index (χ0) is 9.30. The summed E-state index contributed by atoms with van der Waals surface area (Å²) in [5.74, 6) is -1.31. The van der Waals surface area contributed by atoms with Gasteiger partial charge in [-0.05, 0) is 28.1 Å². The van der Waals surface area contributed by atoms with E-state index in [9.17, 15) is 9.18 Å². The number of halogens is 3. The fraction of sp³-hybridized carbons (Fsp3) is 0. The van der Waals surface area contributed by atoms with Gasteiger partial charge in [-0.25, -0.2) is 4.39 Å². The Hall–Kier alpha value is -0.610. The first-order chi connectivity index (χ1) is 5.52. The molecule has 0 atom stereocenters. The largest absolute Gasteiger partial charge is 0.366 e. The van der Waals surface area contributed by atoms with Crippen molar-refractivity contribution in [3.8, 4) is 0 Å². The smallest absolute Gasteiger partial charge is 0.250 e. The Kier molecular flexibility index (Phi) is 2.69. The lowest BCUT2D eigenvalue weighted by Crippen LogP contribution is -2.12. The van der Waals surface area contributed by atoms with Gasteiger partial charge in [0, 0.05) is 4.47 Å². The molecule has 1 amide bonds. The highest BCUT2D eigenvalue weighted by Gasteiger charge is 2.11. The molecule has 0 fully saturated rings. The molecular weight excluding hydrogens is 248 g/mol. The summed E-state index contributed by atoms with van der Waals surface area (Å²) >= 11 is 8.63.